The van der Waals surface area contributed by atoms with Gasteiger partial charge in [0, 0.05) is 0 Å². The minimum absolute atomic E-state index is 0.0156. The fraction of sp³-hybridized carbons (Fsp3) is 0.296. The summed E-state index contributed by atoms with van der Waals surface area (Å²) in [6.07, 6.45) is -0.970. The second kappa shape index (κ2) is 10.2. The predicted molar refractivity (Wildman–Crippen MR) is 129 cm³/mol. The molecule has 4 rings (SSSR count). The zero-order valence-electron chi connectivity index (χ0n) is 19.8. The van der Waals surface area contributed by atoms with E-state index in [0.717, 1.165) is 11.1 Å². The van der Waals surface area contributed by atoms with E-state index in [0.29, 0.717) is 11.5 Å². The fourth-order valence-corrected chi connectivity index (χ4v) is 5.11. The van der Waals surface area contributed by atoms with Gasteiger partial charge in [-0.1, -0.05) is 48.0 Å². The van der Waals surface area contributed by atoms with Gasteiger partial charge in [0.1, 0.15) is 11.5 Å². The van der Waals surface area contributed by atoms with E-state index in [4.69, 9.17) is 18.4 Å². The van der Waals surface area contributed by atoms with Crippen molar-refractivity contribution in [2.45, 2.75) is 50.6 Å². The summed E-state index contributed by atoms with van der Waals surface area (Å²) < 4.78 is 48.5. The van der Waals surface area contributed by atoms with Gasteiger partial charge in [0.2, 0.25) is 6.29 Å². The predicted octanol–water partition coefficient (Wildman–Crippen LogP) is 5.38. The number of esters is 1. The number of carbonyl (C=O) groups is 1. The normalized spacial score (nSPS) is 18.3. The number of ether oxygens (including phenoxy) is 3. The largest absolute Gasteiger partial charge is 0.457 e. The molecule has 2 unspecified atom stereocenters. The average molecular weight is 497 g/mol. The van der Waals surface area contributed by atoms with Crippen LogP contribution in [0.1, 0.15) is 31.4 Å². The lowest BCUT2D eigenvalue weighted by Gasteiger charge is -2.32. The topological polar surface area (TPSA) is 88.1 Å². The number of benzene rings is 3. The Morgan fingerprint density at radius 1 is 0.943 bits per heavy atom. The minimum Gasteiger partial charge on any atom is -0.457 e. The van der Waals surface area contributed by atoms with E-state index in [2.05, 4.69) is 0 Å². The van der Waals surface area contributed by atoms with Crippen LogP contribution in [0.3, 0.4) is 0 Å². The number of para-hydroxylation sites is 1. The SMILES string of the molecule is Cc1ccc(S(=O)(=O)OC(C)(C)C2CC(=O)OC2OCc2cccc(Oc3ccccc3)c2)cc1. The van der Waals surface area contributed by atoms with Crippen molar-refractivity contribution in [3.05, 3.63) is 90.0 Å². The molecule has 1 fully saturated rings. The lowest BCUT2D eigenvalue weighted by atomic mass is 9.89. The van der Waals surface area contributed by atoms with Crippen molar-refractivity contribution in [3.63, 3.8) is 0 Å². The standard InChI is InChI=1S/C27H28O7S/c1-19-12-14-23(15-13-19)35(29,30)34-27(2,3)24-17-25(28)33-26(24)31-18-20-8-7-11-22(16-20)32-21-9-5-4-6-10-21/h4-16,24,26H,17-18H2,1-3H3. The summed E-state index contributed by atoms with van der Waals surface area (Å²) in [6, 6.07) is 23.2. The summed E-state index contributed by atoms with van der Waals surface area (Å²) in [5.74, 6) is 0.263. The molecule has 35 heavy (non-hydrogen) atoms. The van der Waals surface area contributed by atoms with Crippen molar-refractivity contribution < 1.29 is 31.6 Å². The highest BCUT2D eigenvalue weighted by atomic mass is 32.2. The molecule has 0 spiro atoms. The van der Waals surface area contributed by atoms with E-state index < -0.39 is 33.9 Å². The monoisotopic (exact) mass is 496 g/mol. The van der Waals surface area contributed by atoms with Crippen LogP contribution in [0.5, 0.6) is 11.5 Å². The number of cyclic esters (lactones) is 1. The Kier molecular flexibility index (Phi) is 7.25. The lowest BCUT2D eigenvalue weighted by molar-refractivity contribution is -0.179. The van der Waals surface area contributed by atoms with Crippen molar-refractivity contribution in [1.29, 1.82) is 0 Å². The Morgan fingerprint density at radius 2 is 1.63 bits per heavy atom. The number of hydrogen-bond acceptors (Lipinski definition) is 7. The fourth-order valence-electron chi connectivity index (χ4n) is 3.86. The molecule has 3 aromatic carbocycles. The van der Waals surface area contributed by atoms with E-state index in [1.165, 1.54) is 12.1 Å². The molecule has 0 bridgehead atoms. The molecule has 0 N–H and O–H groups in total. The number of rotatable bonds is 9. The van der Waals surface area contributed by atoms with Crippen molar-refractivity contribution >= 4 is 16.1 Å². The van der Waals surface area contributed by atoms with Crippen LogP contribution in [-0.2, 0) is 35.2 Å². The Labute approximate surface area is 205 Å². The van der Waals surface area contributed by atoms with Gasteiger partial charge >= 0.3 is 5.97 Å². The van der Waals surface area contributed by atoms with Gasteiger partial charge in [-0.05, 0) is 62.7 Å². The van der Waals surface area contributed by atoms with Gasteiger partial charge < -0.3 is 14.2 Å². The Bertz CT molecular complexity index is 1270. The molecule has 0 radical (unpaired) electrons. The lowest BCUT2D eigenvalue weighted by Crippen LogP contribution is -2.41. The summed E-state index contributed by atoms with van der Waals surface area (Å²) in [5.41, 5.74) is 0.495. The summed E-state index contributed by atoms with van der Waals surface area (Å²) in [4.78, 5) is 12.2. The van der Waals surface area contributed by atoms with Crippen LogP contribution in [0.15, 0.2) is 83.8 Å². The van der Waals surface area contributed by atoms with Crippen molar-refractivity contribution in [1.82, 2.24) is 0 Å². The van der Waals surface area contributed by atoms with Gasteiger partial charge in [0.05, 0.1) is 29.4 Å². The number of carbonyl (C=O) groups excluding carboxylic acids is 1. The third-order valence-electron chi connectivity index (χ3n) is 5.78. The second-order valence-corrected chi connectivity index (χ2v) is 10.5. The molecule has 1 heterocycles. The highest BCUT2D eigenvalue weighted by molar-refractivity contribution is 7.86. The van der Waals surface area contributed by atoms with Gasteiger partial charge in [-0.25, -0.2) is 0 Å². The van der Waals surface area contributed by atoms with E-state index in [1.54, 1.807) is 26.0 Å². The Balaban J connectivity index is 1.44. The quantitative estimate of drug-likeness (QED) is 0.290. The third-order valence-corrected chi connectivity index (χ3v) is 7.28. The van der Waals surface area contributed by atoms with Crippen LogP contribution >= 0.6 is 0 Å². The first-order valence-corrected chi connectivity index (χ1v) is 12.7. The van der Waals surface area contributed by atoms with Crippen molar-refractivity contribution in [3.8, 4) is 11.5 Å². The maximum absolute atomic E-state index is 12.9. The second-order valence-electron chi connectivity index (χ2n) is 9.00. The molecule has 1 saturated heterocycles. The number of aryl methyl sites for hydroxylation is 1. The Morgan fingerprint density at radius 3 is 2.34 bits per heavy atom. The molecule has 1 aliphatic heterocycles. The first-order valence-electron chi connectivity index (χ1n) is 11.3. The first kappa shape index (κ1) is 24.9. The molecule has 7 nitrogen and oxygen atoms in total. The maximum Gasteiger partial charge on any atom is 0.308 e. The average Bonchev–Trinajstić information content (AvgIpc) is 3.20. The van der Waals surface area contributed by atoms with Crippen molar-refractivity contribution in [2.24, 2.45) is 5.92 Å². The molecule has 184 valence electrons. The van der Waals surface area contributed by atoms with Crippen LogP contribution < -0.4 is 4.74 Å². The van der Waals surface area contributed by atoms with Crippen LogP contribution in [0.4, 0.5) is 0 Å². The first-order chi connectivity index (χ1) is 16.6. The molecule has 2 atom stereocenters. The van der Waals surface area contributed by atoms with E-state index >= 15 is 0 Å². The Hall–Kier alpha value is -3.20. The maximum atomic E-state index is 12.9. The molecule has 1 aliphatic rings. The molecular formula is C27H28O7S. The van der Waals surface area contributed by atoms with Crippen LogP contribution in [0, 0.1) is 12.8 Å². The van der Waals surface area contributed by atoms with E-state index in [-0.39, 0.29) is 17.9 Å². The smallest absolute Gasteiger partial charge is 0.308 e. The van der Waals surface area contributed by atoms with Crippen LogP contribution in [-0.4, -0.2) is 26.3 Å². The molecule has 0 aromatic heterocycles. The molecule has 8 heteroatoms. The van der Waals surface area contributed by atoms with Crippen molar-refractivity contribution in [2.75, 3.05) is 0 Å². The minimum atomic E-state index is -4.05. The zero-order valence-corrected chi connectivity index (χ0v) is 20.7. The number of hydrogen-bond donors (Lipinski definition) is 0. The molecule has 0 aliphatic carbocycles. The van der Waals surface area contributed by atoms with Gasteiger partial charge in [-0.15, -0.1) is 0 Å². The molecular weight excluding hydrogens is 468 g/mol. The van der Waals surface area contributed by atoms with Crippen LogP contribution in [0.25, 0.3) is 0 Å². The molecule has 0 saturated carbocycles. The van der Waals surface area contributed by atoms with E-state index in [9.17, 15) is 13.2 Å². The highest BCUT2D eigenvalue weighted by Gasteiger charge is 2.48. The summed E-state index contributed by atoms with van der Waals surface area (Å²) in [5, 5.41) is 0. The zero-order chi connectivity index (χ0) is 25.1. The summed E-state index contributed by atoms with van der Waals surface area (Å²) in [7, 11) is -4.05. The summed E-state index contributed by atoms with van der Waals surface area (Å²) in [6.45, 7) is 5.25. The van der Waals surface area contributed by atoms with Gasteiger partial charge in [0.25, 0.3) is 10.1 Å². The van der Waals surface area contributed by atoms with Gasteiger partial charge in [0.15, 0.2) is 0 Å². The highest BCUT2D eigenvalue weighted by Crippen LogP contribution is 2.37. The summed E-state index contributed by atoms with van der Waals surface area (Å²) >= 11 is 0. The molecule has 3 aromatic rings. The van der Waals surface area contributed by atoms with Gasteiger partial charge in [-0.3, -0.25) is 8.98 Å². The van der Waals surface area contributed by atoms with Gasteiger partial charge in [-0.2, -0.15) is 8.42 Å². The third kappa shape index (κ3) is 6.28. The van der Waals surface area contributed by atoms with E-state index in [1.807, 2.05) is 61.5 Å². The van der Waals surface area contributed by atoms with Crippen LogP contribution in [0.2, 0.25) is 0 Å². The molecule has 0 amide bonds.